The molecule has 42 heavy (non-hydrogen) atoms. The first-order valence-corrected chi connectivity index (χ1v) is 14.4. The molecule has 0 aliphatic heterocycles. The van der Waals surface area contributed by atoms with E-state index in [-0.39, 0.29) is 24.1 Å². The van der Waals surface area contributed by atoms with Crippen LogP contribution in [0.5, 0.6) is 0 Å². The number of hydrogen-bond acceptors (Lipinski definition) is 7. The third-order valence-corrected chi connectivity index (χ3v) is 6.07. The normalized spacial score (nSPS) is 11.6. The number of esters is 1. The van der Waals surface area contributed by atoms with Crippen molar-refractivity contribution in [1.29, 1.82) is 0 Å². The van der Waals surface area contributed by atoms with E-state index in [1.165, 1.54) is 0 Å². The van der Waals surface area contributed by atoms with Crippen LogP contribution in [-0.2, 0) is 19.1 Å². The molecule has 1 unspecified atom stereocenters. The molecule has 0 bridgehead atoms. The number of unbranched alkanes of at least 4 members (excludes halogenated alkanes) is 2. The molecule has 3 amide bonds. The van der Waals surface area contributed by atoms with E-state index < -0.39 is 23.6 Å². The lowest BCUT2D eigenvalue weighted by molar-refractivity contribution is -0.143. The summed E-state index contributed by atoms with van der Waals surface area (Å²) in [5, 5.41) is 8.32. The number of benzene rings is 2. The fourth-order valence-electron chi connectivity index (χ4n) is 3.98. The smallest absolute Gasteiger partial charge is 0.407 e. The highest BCUT2D eigenvalue weighted by molar-refractivity contribution is 6.09. The first-order valence-electron chi connectivity index (χ1n) is 14.4. The summed E-state index contributed by atoms with van der Waals surface area (Å²) in [6.45, 7) is 8.14. The Morgan fingerprint density at radius 3 is 2.00 bits per heavy atom. The maximum atomic E-state index is 13.0. The van der Waals surface area contributed by atoms with Crippen molar-refractivity contribution in [3.8, 4) is 0 Å². The lowest BCUT2D eigenvalue weighted by atomic mass is 10.0. The van der Waals surface area contributed by atoms with Gasteiger partial charge in [-0.15, -0.1) is 0 Å². The zero-order valence-corrected chi connectivity index (χ0v) is 25.0. The standard InChI is InChI=1S/C32H43N3O7/c1-5-41-27(36)16-10-12-21-33-30(39)26(15-9-11-22-34-31(40)42-32(2,3)4)35-29(38)25-19-17-24(18-20-25)28(37)23-13-7-6-8-14-23/h6-8,13-14,17-20,26H,5,9-12,15-16,21-22H2,1-4H3,(H,33,39)(H,34,40)(H,35,38). The number of nitrogens with one attached hydrogen (secondary N) is 3. The minimum atomic E-state index is -0.810. The van der Waals surface area contributed by atoms with Crippen LogP contribution in [0.4, 0.5) is 4.79 Å². The van der Waals surface area contributed by atoms with Gasteiger partial charge < -0.3 is 25.4 Å². The molecular weight excluding hydrogens is 538 g/mol. The average molecular weight is 582 g/mol. The highest BCUT2D eigenvalue weighted by Crippen LogP contribution is 2.12. The number of ketones is 1. The Bertz CT molecular complexity index is 1170. The van der Waals surface area contributed by atoms with E-state index >= 15 is 0 Å². The Hall–Kier alpha value is -4.21. The van der Waals surface area contributed by atoms with E-state index in [0.717, 1.165) is 0 Å². The minimum absolute atomic E-state index is 0.150. The summed E-state index contributed by atoms with van der Waals surface area (Å²) in [7, 11) is 0. The summed E-state index contributed by atoms with van der Waals surface area (Å²) in [6.07, 6.45) is 2.40. The molecule has 0 aliphatic carbocycles. The summed E-state index contributed by atoms with van der Waals surface area (Å²) >= 11 is 0. The number of hydrogen-bond donors (Lipinski definition) is 3. The van der Waals surface area contributed by atoms with Gasteiger partial charge in [-0.2, -0.15) is 0 Å². The van der Waals surface area contributed by atoms with Crippen molar-refractivity contribution in [1.82, 2.24) is 16.0 Å². The largest absolute Gasteiger partial charge is 0.466 e. The van der Waals surface area contributed by atoms with Crippen molar-refractivity contribution in [2.75, 3.05) is 19.7 Å². The molecule has 10 heteroatoms. The third-order valence-electron chi connectivity index (χ3n) is 6.07. The molecule has 0 saturated carbocycles. The van der Waals surface area contributed by atoms with E-state index in [1.807, 2.05) is 6.07 Å². The molecule has 0 spiro atoms. The maximum Gasteiger partial charge on any atom is 0.407 e. The van der Waals surface area contributed by atoms with Gasteiger partial charge in [-0.3, -0.25) is 19.2 Å². The molecule has 1 atom stereocenters. The summed E-state index contributed by atoms with van der Waals surface area (Å²) < 4.78 is 10.1. The van der Waals surface area contributed by atoms with Crippen molar-refractivity contribution in [3.63, 3.8) is 0 Å². The van der Waals surface area contributed by atoms with E-state index in [4.69, 9.17) is 9.47 Å². The SMILES string of the molecule is CCOC(=O)CCCCNC(=O)C(CCCCNC(=O)OC(C)(C)C)NC(=O)c1ccc(C(=O)c2ccccc2)cc1. The van der Waals surface area contributed by atoms with Crippen LogP contribution < -0.4 is 16.0 Å². The topological polar surface area (TPSA) is 140 Å². The molecule has 10 nitrogen and oxygen atoms in total. The molecule has 0 aliphatic rings. The second kappa shape index (κ2) is 17.6. The van der Waals surface area contributed by atoms with Crippen LogP contribution >= 0.6 is 0 Å². The molecule has 2 rings (SSSR count). The lowest BCUT2D eigenvalue weighted by Gasteiger charge is -2.20. The van der Waals surface area contributed by atoms with Gasteiger partial charge in [0.25, 0.3) is 5.91 Å². The van der Waals surface area contributed by atoms with Crippen molar-refractivity contribution in [3.05, 3.63) is 71.3 Å². The highest BCUT2D eigenvalue weighted by atomic mass is 16.6. The summed E-state index contributed by atoms with van der Waals surface area (Å²) in [6, 6.07) is 14.3. The Kier molecular flexibility index (Phi) is 14.2. The Morgan fingerprint density at radius 2 is 1.36 bits per heavy atom. The maximum absolute atomic E-state index is 13.0. The fraction of sp³-hybridized carbons (Fsp3) is 0.469. The first-order chi connectivity index (χ1) is 20.0. The van der Waals surface area contributed by atoms with Crippen LogP contribution in [0.25, 0.3) is 0 Å². The number of alkyl carbamates (subject to hydrolysis) is 1. The quantitative estimate of drug-likeness (QED) is 0.150. The fourth-order valence-corrected chi connectivity index (χ4v) is 3.98. The predicted molar refractivity (Wildman–Crippen MR) is 159 cm³/mol. The van der Waals surface area contributed by atoms with Gasteiger partial charge in [0.05, 0.1) is 6.61 Å². The zero-order chi connectivity index (χ0) is 31.0. The summed E-state index contributed by atoms with van der Waals surface area (Å²) in [5.41, 5.74) is 0.724. The van der Waals surface area contributed by atoms with Crippen molar-refractivity contribution >= 4 is 29.7 Å². The number of amides is 3. The van der Waals surface area contributed by atoms with E-state index in [2.05, 4.69) is 16.0 Å². The second-order valence-corrected chi connectivity index (χ2v) is 10.8. The van der Waals surface area contributed by atoms with Gasteiger partial charge in [0, 0.05) is 36.2 Å². The van der Waals surface area contributed by atoms with Crippen LogP contribution in [0.3, 0.4) is 0 Å². The van der Waals surface area contributed by atoms with E-state index in [9.17, 15) is 24.0 Å². The van der Waals surface area contributed by atoms with Crippen molar-refractivity contribution in [2.45, 2.75) is 77.9 Å². The van der Waals surface area contributed by atoms with Gasteiger partial charge >= 0.3 is 12.1 Å². The van der Waals surface area contributed by atoms with Gasteiger partial charge in [0.2, 0.25) is 5.91 Å². The monoisotopic (exact) mass is 581 g/mol. The van der Waals surface area contributed by atoms with Crippen LogP contribution in [0.1, 0.15) is 92.5 Å². The molecule has 0 heterocycles. The Labute approximate surface area is 247 Å². The zero-order valence-electron chi connectivity index (χ0n) is 25.0. The number of rotatable bonds is 16. The second-order valence-electron chi connectivity index (χ2n) is 10.8. The Morgan fingerprint density at radius 1 is 0.762 bits per heavy atom. The molecule has 2 aromatic rings. The Balaban J connectivity index is 1.95. The van der Waals surface area contributed by atoms with E-state index in [1.54, 1.807) is 76.2 Å². The third kappa shape index (κ3) is 13.0. The average Bonchev–Trinajstić information content (AvgIpc) is 2.95. The number of carbonyl (C=O) groups excluding carboxylic acids is 5. The van der Waals surface area contributed by atoms with Gasteiger partial charge in [-0.1, -0.05) is 42.5 Å². The van der Waals surface area contributed by atoms with Gasteiger partial charge in [0.1, 0.15) is 11.6 Å². The van der Waals surface area contributed by atoms with Crippen LogP contribution in [0.15, 0.2) is 54.6 Å². The highest BCUT2D eigenvalue weighted by Gasteiger charge is 2.22. The first kappa shape index (κ1) is 34.0. The lowest BCUT2D eigenvalue weighted by Crippen LogP contribution is -2.47. The molecule has 3 N–H and O–H groups in total. The molecule has 0 fully saturated rings. The minimum Gasteiger partial charge on any atom is -0.466 e. The van der Waals surface area contributed by atoms with Crippen LogP contribution in [0.2, 0.25) is 0 Å². The van der Waals surface area contributed by atoms with Crippen LogP contribution in [0, 0.1) is 0 Å². The molecule has 0 saturated heterocycles. The molecular formula is C32H43N3O7. The molecule has 228 valence electrons. The number of ether oxygens (including phenoxy) is 2. The van der Waals surface area contributed by atoms with Crippen molar-refractivity contribution in [2.24, 2.45) is 0 Å². The predicted octanol–water partition coefficient (Wildman–Crippen LogP) is 4.56. The van der Waals surface area contributed by atoms with Gasteiger partial charge in [-0.25, -0.2) is 4.79 Å². The molecule has 0 aromatic heterocycles. The summed E-state index contributed by atoms with van der Waals surface area (Å²) in [5.74, 6) is -1.20. The molecule has 2 aromatic carbocycles. The van der Waals surface area contributed by atoms with Gasteiger partial charge in [0.15, 0.2) is 5.78 Å². The van der Waals surface area contributed by atoms with Crippen LogP contribution in [-0.4, -0.2) is 61.0 Å². The summed E-state index contributed by atoms with van der Waals surface area (Å²) in [4.78, 5) is 62.1. The van der Waals surface area contributed by atoms with Crippen molar-refractivity contribution < 1.29 is 33.4 Å². The number of carbonyl (C=O) groups is 5. The van der Waals surface area contributed by atoms with E-state index in [0.29, 0.717) is 68.5 Å². The molecule has 0 radical (unpaired) electrons. The van der Waals surface area contributed by atoms with Gasteiger partial charge in [-0.05, 0) is 71.9 Å².